The summed E-state index contributed by atoms with van der Waals surface area (Å²) in [6, 6.07) is 10.9. The SMILES string of the molecule is O=C(Nc1ccc(N2CCCCC2)c(C(=O)NCC2CCCO2)c1)c1cccc(F)c1. The Morgan fingerprint density at radius 3 is 2.61 bits per heavy atom. The Hall–Kier alpha value is -2.93. The summed E-state index contributed by atoms with van der Waals surface area (Å²) in [6.45, 7) is 3.02. The summed E-state index contributed by atoms with van der Waals surface area (Å²) in [5.74, 6) is -1.07. The van der Waals surface area contributed by atoms with Crippen molar-refractivity contribution < 1.29 is 18.7 Å². The highest BCUT2D eigenvalue weighted by Crippen LogP contribution is 2.28. The molecule has 2 aromatic carbocycles. The van der Waals surface area contributed by atoms with Gasteiger partial charge in [-0.05, 0) is 68.5 Å². The maximum atomic E-state index is 13.5. The van der Waals surface area contributed by atoms with E-state index in [0.29, 0.717) is 17.8 Å². The molecule has 4 rings (SSSR count). The molecule has 1 unspecified atom stereocenters. The fraction of sp³-hybridized carbons (Fsp3) is 0.417. The Balaban J connectivity index is 1.54. The van der Waals surface area contributed by atoms with Crippen LogP contribution in [-0.4, -0.2) is 44.2 Å². The smallest absolute Gasteiger partial charge is 0.255 e. The second kappa shape index (κ2) is 9.92. The van der Waals surface area contributed by atoms with E-state index in [-0.39, 0.29) is 17.6 Å². The van der Waals surface area contributed by atoms with Crippen molar-refractivity contribution in [3.8, 4) is 0 Å². The van der Waals surface area contributed by atoms with E-state index < -0.39 is 11.7 Å². The zero-order chi connectivity index (χ0) is 21.6. The average molecular weight is 426 g/mol. The molecule has 2 amide bonds. The first-order valence-electron chi connectivity index (χ1n) is 11.0. The van der Waals surface area contributed by atoms with Crippen molar-refractivity contribution in [1.29, 1.82) is 0 Å². The number of amides is 2. The van der Waals surface area contributed by atoms with Crippen molar-refractivity contribution in [1.82, 2.24) is 5.32 Å². The first-order valence-corrected chi connectivity index (χ1v) is 11.0. The van der Waals surface area contributed by atoms with Gasteiger partial charge in [0.2, 0.25) is 0 Å². The molecular formula is C24H28FN3O3. The highest BCUT2D eigenvalue weighted by Gasteiger charge is 2.22. The van der Waals surface area contributed by atoms with Gasteiger partial charge in [0.15, 0.2) is 0 Å². The summed E-state index contributed by atoms with van der Waals surface area (Å²) in [7, 11) is 0. The number of rotatable bonds is 6. The van der Waals surface area contributed by atoms with Gasteiger partial charge in [0.05, 0.1) is 11.7 Å². The Labute approximate surface area is 181 Å². The minimum atomic E-state index is -0.470. The highest BCUT2D eigenvalue weighted by molar-refractivity contribution is 6.06. The lowest BCUT2D eigenvalue weighted by atomic mass is 10.1. The molecule has 7 heteroatoms. The quantitative estimate of drug-likeness (QED) is 0.735. The van der Waals surface area contributed by atoms with Gasteiger partial charge in [-0.2, -0.15) is 0 Å². The predicted molar refractivity (Wildman–Crippen MR) is 118 cm³/mol. The molecule has 0 bridgehead atoms. The summed E-state index contributed by atoms with van der Waals surface area (Å²) in [6.07, 6.45) is 5.39. The van der Waals surface area contributed by atoms with Gasteiger partial charge in [0.25, 0.3) is 11.8 Å². The number of ether oxygens (including phenoxy) is 1. The molecule has 0 radical (unpaired) electrons. The van der Waals surface area contributed by atoms with Gasteiger partial charge in [-0.1, -0.05) is 6.07 Å². The minimum Gasteiger partial charge on any atom is -0.376 e. The lowest BCUT2D eigenvalue weighted by molar-refractivity contribution is 0.0858. The summed E-state index contributed by atoms with van der Waals surface area (Å²) < 4.78 is 19.1. The van der Waals surface area contributed by atoms with E-state index in [9.17, 15) is 14.0 Å². The van der Waals surface area contributed by atoms with Crippen molar-refractivity contribution in [2.75, 3.05) is 36.5 Å². The molecule has 2 aromatic rings. The van der Waals surface area contributed by atoms with E-state index in [4.69, 9.17) is 4.74 Å². The molecule has 2 saturated heterocycles. The normalized spacial score (nSPS) is 18.6. The van der Waals surface area contributed by atoms with Crippen LogP contribution >= 0.6 is 0 Å². The van der Waals surface area contributed by atoms with Gasteiger partial charge in [-0.25, -0.2) is 4.39 Å². The Kier molecular flexibility index (Phi) is 6.82. The number of halogens is 1. The van der Waals surface area contributed by atoms with Gasteiger partial charge in [0.1, 0.15) is 5.82 Å². The van der Waals surface area contributed by atoms with E-state index in [1.54, 1.807) is 18.2 Å². The second-order valence-electron chi connectivity index (χ2n) is 8.09. The molecule has 0 spiro atoms. The fourth-order valence-corrected chi connectivity index (χ4v) is 4.15. The first-order chi connectivity index (χ1) is 15.1. The number of piperidine rings is 1. The third kappa shape index (κ3) is 5.41. The summed E-state index contributed by atoms with van der Waals surface area (Å²) in [5.41, 5.74) is 2.12. The first kappa shape index (κ1) is 21.3. The summed E-state index contributed by atoms with van der Waals surface area (Å²) in [4.78, 5) is 27.8. The molecule has 2 aliphatic heterocycles. The average Bonchev–Trinajstić information content (AvgIpc) is 3.32. The number of carbonyl (C=O) groups is 2. The van der Waals surface area contributed by atoms with Gasteiger partial charge >= 0.3 is 0 Å². The lowest BCUT2D eigenvalue weighted by Gasteiger charge is -2.30. The Morgan fingerprint density at radius 1 is 1.03 bits per heavy atom. The van der Waals surface area contributed by atoms with Crippen LogP contribution in [0.5, 0.6) is 0 Å². The minimum absolute atomic E-state index is 0.0539. The van der Waals surface area contributed by atoms with E-state index in [1.807, 2.05) is 6.07 Å². The molecule has 1 atom stereocenters. The highest BCUT2D eigenvalue weighted by atomic mass is 19.1. The van der Waals surface area contributed by atoms with Crippen molar-refractivity contribution in [2.24, 2.45) is 0 Å². The number of hydrogen-bond donors (Lipinski definition) is 2. The van der Waals surface area contributed by atoms with Crippen LogP contribution in [0.15, 0.2) is 42.5 Å². The largest absolute Gasteiger partial charge is 0.376 e. The van der Waals surface area contributed by atoms with Crippen LogP contribution in [0.4, 0.5) is 15.8 Å². The van der Waals surface area contributed by atoms with Crippen LogP contribution in [0.25, 0.3) is 0 Å². The molecule has 0 aliphatic carbocycles. The lowest BCUT2D eigenvalue weighted by Crippen LogP contribution is -2.35. The molecule has 2 aliphatic rings. The van der Waals surface area contributed by atoms with Gasteiger partial charge < -0.3 is 20.3 Å². The number of anilines is 2. The molecule has 0 aromatic heterocycles. The van der Waals surface area contributed by atoms with Crippen LogP contribution in [0.2, 0.25) is 0 Å². The van der Waals surface area contributed by atoms with E-state index >= 15 is 0 Å². The molecule has 2 heterocycles. The third-order valence-corrected chi connectivity index (χ3v) is 5.80. The number of nitrogens with zero attached hydrogens (tertiary/aromatic N) is 1. The molecular weight excluding hydrogens is 397 g/mol. The molecule has 6 nitrogen and oxygen atoms in total. The van der Waals surface area contributed by atoms with Gasteiger partial charge in [-0.15, -0.1) is 0 Å². The monoisotopic (exact) mass is 425 g/mol. The van der Waals surface area contributed by atoms with Crippen LogP contribution in [0.1, 0.15) is 52.8 Å². The van der Waals surface area contributed by atoms with Crippen molar-refractivity contribution in [3.63, 3.8) is 0 Å². The number of carbonyl (C=O) groups excluding carboxylic acids is 2. The van der Waals surface area contributed by atoms with E-state index in [2.05, 4.69) is 15.5 Å². The molecule has 2 fully saturated rings. The topological polar surface area (TPSA) is 70.7 Å². The van der Waals surface area contributed by atoms with Gasteiger partial charge in [0, 0.05) is 43.2 Å². The zero-order valence-electron chi connectivity index (χ0n) is 17.5. The molecule has 164 valence electrons. The maximum Gasteiger partial charge on any atom is 0.255 e. The standard InChI is InChI=1S/C24H28FN3O3/c25-18-7-4-6-17(14-18)23(29)27-19-9-10-22(28-11-2-1-3-12-28)21(15-19)24(30)26-16-20-8-5-13-31-20/h4,6-7,9-10,14-15,20H,1-3,5,8,11-13,16H2,(H,26,30)(H,27,29). The summed E-state index contributed by atoms with van der Waals surface area (Å²) >= 11 is 0. The molecule has 31 heavy (non-hydrogen) atoms. The number of hydrogen-bond acceptors (Lipinski definition) is 4. The number of nitrogens with one attached hydrogen (secondary N) is 2. The maximum absolute atomic E-state index is 13.5. The van der Waals surface area contributed by atoms with E-state index in [1.165, 1.54) is 24.6 Å². The number of benzene rings is 2. The van der Waals surface area contributed by atoms with Crippen LogP contribution < -0.4 is 15.5 Å². The van der Waals surface area contributed by atoms with Crippen LogP contribution in [-0.2, 0) is 4.74 Å². The molecule has 2 N–H and O–H groups in total. The second-order valence-corrected chi connectivity index (χ2v) is 8.09. The molecule has 0 saturated carbocycles. The predicted octanol–water partition coefficient (Wildman–Crippen LogP) is 3.98. The van der Waals surface area contributed by atoms with Crippen molar-refractivity contribution in [2.45, 2.75) is 38.2 Å². The van der Waals surface area contributed by atoms with Crippen LogP contribution in [0, 0.1) is 5.82 Å². The Morgan fingerprint density at radius 2 is 1.87 bits per heavy atom. The van der Waals surface area contributed by atoms with Crippen LogP contribution in [0.3, 0.4) is 0 Å². The summed E-state index contributed by atoms with van der Waals surface area (Å²) in [5, 5.41) is 5.77. The third-order valence-electron chi connectivity index (χ3n) is 5.80. The zero-order valence-corrected chi connectivity index (χ0v) is 17.5. The van der Waals surface area contributed by atoms with E-state index in [0.717, 1.165) is 51.1 Å². The van der Waals surface area contributed by atoms with Crippen molar-refractivity contribution >= 4 is 23.2 Å². The van der Waals surface area contributed by atoms with Gasteiger partial charge in [-0.3, -0.25) is 9.59 Å². The Bertz CT molecular complexity index is 937. The van der Waals surface area contributed by atoms with Crippen molar-refractivity contribution in [3.05, 3.63) is 59.4 Å². The fourth-order valence-electron chi connectivity index (χ4n) is 4.15.